The van der Waals surface area contributed by atoms with E-state index in [0.717, 1.165) is 84.0 Å². The third-order valence-electron chi connectivity index (χ3n) is 7.02. The van der Waals surface area contributed by atoms with E-state index in [1.54, 1.807) is 0 Å². The van der Waals surface area contributed by atoms with Crippen LogP contribution in [0.15, 0.2) is 85.1 Å². The van der Waals surface area contributed by atoms with Gasteiger partial charge >= 0.3 is 5.97 Å². The number of hydrogen-bond donors (Lipinski definition) is 2. The molecule has 1 aliphatic heterocycles. The van der Waals surface area contributed by atoms with Gasteiger partial charge in [-0.25, -0.2) is 4.79 Å². The van der Waals surface area contributed by atoms with Gasteiger partial charge in [-0.3, -0.25) is 19.4 Å². The molecule has 9 nitrogen and oxygen atoms in total. The lowest BCUT2D eigenvalue weighted by Gasteiger charge is -2.30. The van der Waals surface area contributed by atoms with Crippen LogP contribution in [0.3, 0.4) is 0 Å². The highest BCUT2D eigenvalue weighted by molar-refractivity contribution is 5.94. The summed E-state index contributed by atoms with van der Waals surface area (Å²) in [6.45, 7) is 9.48. The quantitative estimate of drug-likeness (QED) is 0.0820. The van der Waals surface area contributed by atoms with Crippen molar-refractivity contribution in [2.24, 2.45) is 0 Å². The molecule has 1 heterocycles. The summed E-state index contributed by atoms with van der Waals surface area (Å²) in [4.78, 5) is 40.0. The lowest BCUT2D eigenvalue weighted by Crippen LogP contribution is -2.45. The van der Waals surface area contributed by atoms with E-state index in [-0.39, 0.29) is 11.8 Å². The van der Waals surface area contributed by atoms with Gasteiger partial charge in [0, 0.05) is 70.9 Å². The first kappa shape index (κ1) is 40.5. The second-order valence-corrected chi connectivity index (χ2v) is 10.7. The number of morpholine rings is 1. The van der Waals surface area contributed by atoms with Crippen LogP contribution in [0, 0.1) is 0 Å². The average Bonchev–Trinajstić information content (AvgIpc) is 3.07. The lowest BCUT2D eigenvalue weighted by molar-refractivity contribution is -0.135. The van der Waals surface area contributed by atoms with Crippen LogP contribution in [0.1, 0.15) is 58.3 Å². The largest absolute Gasteiger partial charge is 0.466 e. The van der Waals surface area contributed by atoms with E-state index in [1.807, 2.05) is 0 Å². The van der Waals surface area contributed by atoms with Crippen molar-refractivity contribution in [3.05, 3.63) is 85.1 Å². The first-order valence-corrected chi connectivity index (χ1v) is 16.8. The van der Waals surface area contributed by atoms with Crippen molar-refractivity contribution in [2.75, 3.05) is 72.7 Å². The third-order valence-corrected chi connectivity index (χ3v) is 7.02. The molecule has 2 N–H and O–H groups in total. The van der Waals surface area contributed by atoms with E-state index in [4.69, 9.17) is 4.74 Å². The molecule has 0 aromatic heterocycles. The summed E-state index contributed by atoms with van der Waals surface area (Å²) >= 11 is 0. The van der Waals surface area contributed by atoms with Crippen LogP contribution < -0.4 is 10.6 Å². The lowest BCUT2D eigenvalue weighted by atomic mass is 10.2. The zero-order valence-electron chi connectivity index (χ0n) is 28.2. The zero-order chi connectivity index (χ0) is 33.3. The highest BCUT2D eigenvalue weighted by Gasteiger charge is 2.13. The molecule has 2 amide bonds. The molecule has 0 aromatic carbocycles. The Morgan fingerprint density at radius 1 is 0.717 bits per heavy atom. The molecule has 0 atom stereocenters. The van der Waals surface area contributed by atoms with E-state index in [2.05, 4.69) is 105 Å². The Hall–Kier alpha value is -3.53. The molecule has 0 aliphatic carbocycles. The average molecular weight is 639 g/mol. The van der Waals surface area contributed by atoms with Gasteiger partial charge in [0.2, 0.25) is 11.8 Å². The van der Waals surface area contributed by atoms with Crippen molar-refractivity contribution < 1.29 is 23.9 Å². The first-order valence-electron chi connectivity index (χ1n) is 16.8. The molecule has 9 heteroatoms. The van der Waals surface area contributed by atoms with E-state index in [9.17, 15) is 14.4 Å². The summed E-state index contributed by atoms with van der Waals surface area (Å²) in [6, 6.07) is 0. The Kier molecular flexibility index (Phi) is 26.5. The van der Waals surface area contributed by atoms with Crippen molar-refractivity contribution >= 4 is 17.8 Å². The summed E-state index contributed by atoms with van der Waals surface area (Å²) in [5.41, 5.74) is 0. The van der Waals surface area contributed by atoms with Gasteiger partial charge < -0.3 is 20.1 Å². The molecule has 1 fully saturated rings. The molecule has 0 spiro atoms. The van der Waals surface area contributed by atoms with Crippen LogP contribution >= 0.6 is 0 Å². The maximum absolute atomic E-state index is 12.3. The number of esters is 1. The van der Waals surface area contributed by atoms with Crippen LogP contribution in [-0.4, -0.2) is 100 Å². The number of ether oxygens (including phenoxy) is 2. The zero-order valence-corrected chi connectivity index (χ0v) is 28.2. The number of carbonyl (C=O) groups excluding carboxylic acids is 3. The highest BCUT2D eigenvalue weighted by Crippen LogP contribution is 2.00. The number of carbonyl (C=O) groups is 3. The van der Waals surface area contributed by atoms with Gasteiger partial charge in [0.15, 0.2) is 0 Å². The Morgan fingerprint density at radius 2 is 1.24 bits per heavy atom. The fourth-order valence-electron chi connectivity index (χ4n) is 4.35. The summed E-state index contributed by atoms with van der Waals surface area (Å²) in [5.74, 6) is -0.881. The Labute approximate surface area is 277 Å². The van der Waals surface area contributed by atoms with Crippen LogP contribution in [-0.2, 0) is 23.9 Å². The standard InChI is InChI=1S/C37H58N4O5/c1-3-4-5-6-7-8-9-10-11-12-13-14-15-16-17-18-19-20-21-22-35(42)38-25-27-40(29-30-41-31-33-46-34-32-41)28-26-39-36(43)23-24-37(44)45-2/h4-5,7-8,10-11,13-14,16-17,19-20,23-24H,3,6,9,12,15,18,21-22,25-34H2,1-2H3,(H,38,42)(H,39,43). The summed E-state index contributed by atoms with van der Waals surface area (Å²) in [6.07, 6.45) is 35.3. The fourth-order valence-corrected chi connectivity index (χ4v) is 4.35. The molecule has 256 valence electrons. The van der Waals surface area contributed by atoms with Crippen molar-refractivity contribution in [3.63, 3.8) is 0 Å². The van der Waals surface area contributed by atoms with Crippen LogP contribution in [0.5, 0.6) is 0 Å². The normalized spacial score (nSPS) is 14.8. The van der Waals surface area contributed by atoms with Crippen molar-refractivity contribution in [1.82, 2.24) is 20.4 Å². The topological polar surface area (TPSA) is 100 Å². The Bertz CT molecular complexity index is 1020. The maximum Gasteiger partial charge on any atom is 0.330 e. The van der Waals surface area contributed by atoms with Gasteiger partial charge in [0.25, 0.3) is 0 Å². The third kappa shape index (κ3) is 25.8. The molecular formula is C37H58N4O5. The minimum Gasteiger partial charge on any atom is -0.466 e. The van der Waals surface area contributed by atoms with Gasteiger partial charge in [-0.05, 0) is 44.9 Å². The predicted molar refractivity (Wildman–Crippen MR) is 188 cm³/mol. The van der Waals surface area contributed by atoms with E-state index < -0.39 is 5.97 Å². The molecule has 1 saturated heterocycles. The molecular weight excluding hydrogens is 580 g/mol. The fraction of sp³-hybridized carbons (Fsp3) is 0.541. The van der Waals surface area contributed by atoms with Gasteiger partial charge in [-0.1, -0.05) is 79.8 Å². The minimum absolute atomic E-state index is 0.0360. The number of nitrogens with one attached hydrogen (secondary N) is 2. The van der Waals surface area contributed by atoms with Gasteiger partial charge in [-0.2, -0.15) is 0 Å². The second-order valence-electron chi connectivity index (χ2n) is 10.7. The molecule has 46 heavy (non-hydrogen) atoms. The smallest absolute Gasteiger partial charge is 0.330 e. The van der Waals surface area contributed by atoms with E-state index in [0.29, 0.717) is 39.0 Å². The number of methoxy groups -OCH3 is 1. The highest BCUT2D eigenvalue weighted by atomic mass is 16.5. The van der Waals surface area contributed by atoms with E-state index >= 15 is 0 Å². The number of nitrogens with zero attached hydrogens (tertiary/aromatic N) is 2. The Morgan fingerprint density at radius 3 is 1.78 bits per heavy atom. The monoisotopic (exact) mass is 638 g/mol. The SMILES string of the molecule is CCC=CCC=CCC=CCC=CCC=CCC=CCCC(=O)NCCN(CCNC(=O)C=CC(=O)OC)CCN1CCOCC1. The number of allylic oxidation sites excluding steroid dienone is 12. The van der Waals surface area contributed by atoms with Gasteiger partial charge in [-0.15, -0.1) is 0 Å². The van der Waals surface area contributed by atoms with Crippen LogP contribution in [0.2, 0.25) is 0 Å². The van der Waals surface area contributed by atoms with Crippen molar-refractivity contribution in [3.8, 4) is 0 Å². The molecule has 0 bridgehead atoms. The van der Waals surface area contributed by atoms with E-state index in [1.165, 1.54) is 13.2 Å². The number of rotatable bonds is 25. The number of amides is 2. The molecule has 0 aromatic rings. The summed E-state index contributed by atoms with van der Waals surface area (Å²) < 4.78 is 9.94. The molecule has 1 aliphatic rings. The Balaban J connectivity index is 2.20. The van der Waals surface area contributed by atoms with Gasteiger partial charge in [0.1, 0.15) is 0 Å². The van der Waals surface area contributed by atoms with Crippen LogP contribution in [0.25, 0.3) is 0 Å². The molecule has 1 rings (SSSR count). The predicted octanol–water partition coefficient (Wildman–Crippen LogP) is 5.06. The molecule has 0 unspecified atom stereocenters. The van der Waals surface area contributed by atoms with Crippen molar-refractivity contribution in [1.29, 1.82) is 0 Å². The molecule has 0 radical (unpaired) electrons. The van der Waals surface area contributed by atoms with Crippen LogP contribution in [0.4, 0.5) is 0 Å². The maximum atomic E-state index is 12.3. The number of hydrogen-bond acceptors (Lipinski definition) is 7. The second kappa shape index (κ2) is 30.1. The molecule has 0 saturated carbocycles. The summed E-state index contributed by atoms with van der Waals surface area (Å²) in [5, 5.41) is 5.81. The minimum atomic E-state index is -0.571. The summed E-state index contributed by atoms with van der Waals surface area (Å²) in [7, 11) is 1.26. The van der Waals surface area contributed by atoms with Gasteiger partial charge in [0.05, 0.1) is 20.3 Å². The van der Waals surface area contributed by atoms with Crippen molar-refractivity contribution in [2.45, 2.75) is 58.3 Å². The first-order chi connectivity index (χ1) is 22.5.